The lowest BCUT2D eigenvalue weighted by Crippen LogP contribution is -2.50. The molecule has 1 heteroatoms. The van der Waals surface area contributed by atoms with Gasteiger partial charge in [0.15, 0.2) is 0 Å². The van der Waals surface area contributed by atoms with Crippen molar-refractivity contribution in [1.29, 1.82) is 0 Å². The fraction of sp³-hybridized carbons (Fsp3) is 0.600. The van der Waals surface area contributed by atoms with Gasteiger partial charge in [-0.3, -0.25) is 0 Å². The van der Waals surface area contributed by atoms with Gasteiger partial charge in [-0.1, -0.05) is 24.3 Å². The molecule has 1 aromatic carbocycles. The number of fused-ring (bicyclic) bond motifs is 2. The molecule has 1 fully saturated rings. The summed E-state index contributed by atoms with van der Waals surface area (Å²) in [5.41, 5.74) is 9.68. The monoisotopic (exact) mass is 215 g/mol. The molecule has 0 aromatic heterocycles. The lowest BCUT2D eigenvalue weighted by atomic mass is 9.64. The van der Waals surface area contributed by atoms with Crippen molar-refractivity contribution in [2.45, 2.75) is 44.6 Å². The maximum Gasteiger partial charge on any atom is 0.0160 e. The topological polar surface area (TPSA) is 26.0 Å². The lowest BCUT2D eigenvalue weighted by molar-refractivity contribution is 0.148. The second-order valence-corrected chi connectivity index (χ2v) is 6.03. The fourth-order valence-electron chi connectivity index (χ4n) is 3.70. The molecule has 1 aromatic rings. The molecule has 0 amide bonds. The third-order valence-corrected chi connectivity index (χ3v) is 4.68. The van der Waals surface area contributed by atoms with E-state index in [4.69, 9.17) is 5.73 Å². The zero-order chi connectivity index (χ0) is 11.2. The standard InChI is InChI=1S/C15H21N/c1-15(16)10-11-6-7-14(15)9-13-5-3-2-4-12(13)8-11/h2-5,11,14H,6-10,16H2,1H3. The zero-order valence-corrected chi connectivity index (χ0v) is 10.1. The summed E-state index contributed by atoms with van der Waals surface area (Å²) in [5, 5.41) is 0. The zero-order valence-electron chi connectivity index (χ0n) is 10.1. The first-order valence-corrected chi connectivity index (χ1v) is 6.51. The largest absolute Gasteiger partial charge is 0.325 e. The summed E-state index contributed by atoms with van der Waals surface area (Å²) in [6, 6.07) is 8.95. The summed E-state index contributed by atoms with van der Waals surface area (Å²) in [5.74, 6) is 1.50. The molecule has 3 atom stereocenters. The molecule has 0 heterocycles. The van der Waals surface area contributed by atoms with Crippen molar-refractivity contribution in [3.63, 3.8) is 0 Å². The highest BCUT2D eigenvalue weighted by molar-refractivity contribution is 5.30. The Bertz CT molecular complexity index is 394. The maximum absolute atomic E-state index is 6.49. The molecule has 1 nitrogen and oxygen atoms in total. The highest BCUT2D eigenvalue weighted by Crippen LogP contribution is 2.41. The van der Waals surface area contributed by atoms with E-state index in [0.717, 1.165) is 5.92 Å². The first-order chi connectivity index (χ1) is 7.65. The number of rotatable bonds is 0. The highest BCUT2D eigenvalue weighted by Gasteiger charge is 2.39. The fourth-order valence-corrected chi connectivity index (χ4v) is 3.70. The molecule has 86 valence electrons. The molecular formula is C15H21N. The van der Waals surface area contributed by atoms with Crippen LogP contribution >= 0.6 is 0 Å². The summed E-state index contributed by atoms with van der Waals surface area (Å²) >= 11 is 0. The van der Waals surface area contributed by atoms with Crippen molar-refractivity contribution >= 4 is 0 Å². The second-order valence-electron chi connectivity index (χ2n) is 6.03. The predicted octanol–water partition coefficient (Wildman–Crippen LogP) is 2.92. The third kappa shape index (κ3) is 1.67. The lowest BCUT2D eigenvalue weighted by Gasteiger charge is -2.44. The molecule has 16 heavy (non-hydrogen) atoms. The third-order valence-electron chi connectivity index (χ3n) is 4.68. The van der Waals surface area contributed by atoms with Crippen LogP contribution in [0.5, 0.6) is 0 Å². The van der Waals surface area contributed by atoms with Crippen molar-refractivity contribution in [2.75, 3.05) is 0 Å². The van der Waals surface area contributed by atoms with Gasteiger partial charge in [0.05, 0.1) is 0 Å². The van der Waals surface area contributed by atoms with Gasteiger partial charge in [0.2, 0.25) is 0 Å². The van der Waals surface area contributed by atoms with Gasteiger partial charge in [-0.15, -0.1) is 0 Å². The van der Waals surface area contributed by atoms with E-state index in [1.165, 1.54) is 32.1 Å². The second kappa shape index (κ2) is 3.59. The molecule has 0 aliphatic heterocycles. The summed E-state index contributed by atoms with van der Waals surface area (Å²) in [7, 11) is 0. The Hall–Kier alpha value is -0.820. The van der Waals surface area contributed by atoms with E-state index >= 15 is 0 Å². The Kier molecular flexibility index (Phi) is 2.32. The van der Waals surface area contributed by atoms with E-state index in [1.54, 1.807) is 11.1 Å². The van der Waals surface area contributed by atoms with Crippen LogP contribution in [0, 0.1) is 11.8 Å². The summed E-state index contributed by atoms with van der Waals surface area (Å²) in [4.78, 5) is 0. The molecule has 3 aliphatic carbocycles. The Morgan fingerprint density at radius 3 is 2.50 bits per heavy atom. The van der Waals surface area contributed by atoms with Gasteiger partial charge in [-0.05, 0) is 62.0 Å². The van der Waals surface area contributed by atoms with Crippen LogP contribution < -0.4 is 5.73 Å². The van der Waals surface area contributed by atoms with Crippen molar-refractivity contribution in [3.8, 4) is 0 Å². The molecule has 2 N–H and O–H groups in total. The Morgan fingerprint density at radius 1 is 1.12 bits per heavy atom. The van der Waals surface area contributed by atoms with Gasteiger partial charge in [0, 0.05) is 5.54 Å². The molecule has 3 aliphatic rings. The number of benzene rings is 1. The molecule has 1 saturated carbocycles. The van der Waals surface area contributed by atoms with E-state index in [-0.39, 0.29) is 5.54 Å². The van der Waals surface area contributed by atoms with Gasteiger partial charge in [0.1, 0.15) is 0 Å². The molecule has 2 bridgehead atoms. The molecular weight excluding hydrogens is 194 g/mol. The molecule has 0 radical (unpaired) electrons. The van der Waals surface area contributed by atoms with Crippen molar-refractivity contribution in [1.82, 2.24) is 0 Å². The minimum Gasteiger partial charge on any atom is -0.325 e. The van der Waals surface area contributed by atoms with Crippen LogP contribution in [-0.4, -0.2) is 5.54 Å². The maximum atomic E-state index is 6.49. The Labute approximate surface area is 98.0 Å². The molecule has 3 unspecified atom stereocenters. The van der Waals surface area contributed by atoms with Crippen molar-refractivity contribution in [3.05, 3.63) is 35.4 Å². The highest BCUT2D eigenvalue weighted by atomic mass is 14.8. The van der Waals surface area contributed by atoms with Crippen LogP contribution in [-0.2, 0) is 12.8 Å². The van der Waals surface area contributed by atoms with Crippen LogP contribution in [0.3, 0.4) is 0 Å². The summed E-state index contributed by atoms with van der Waals surface area (Å²) < 4.78 is 0. The average Bonchev–Trinajstić information content (AvgIpc) is 2.19. The average molecular weight is 215 g/mol. The van der Waals surface area contributed by atoms with Crippen LogP contribution in [0.1, 0.15) is 37.3 Å². The van der Waals surface area contributed by atoms with Crippen LogP contribution in [0.4, 0.5) is 0 Å². The van der Waals surface area contributed by atoms with Crippen molar-refractivity contribution < 1.29 is 0 Å². The van der Waals surface area contributed by atoms with E-state index in [2.05, 4.69) is 31.2 Å². The SMILES string of the molecule is CC1(N)CC2CCC1Cc1ccccc1C2. The number of hydrogen-bond donors (Lipinski definition) is 1. The number of hydrogen-bond acceptors (Lipinski definition) is 1. The van der Waals surface area contributed by atoms with Gasteiger partial charge < -0.3 is 5.73 Å². The molecule has 0 spiro atoms. The van der Waals surface area contributed by atoms with E-state index in [1.807, 2.05) is 0 Å². The quantitative estimate of drug-likeness (QED) is 0.707. The number of nitrogens with two attached hydrogens (primary N) is 1. The first kappa shape index (κ1) is 10.3. The van der Waals surface area contributed by atoms with Gasteiger partial charge in [-0.2, -0.15) is 0 Å². The van der Waals surface area contributed by atoms with Gasteiger partial charge >= 0.3 is 0 Å². The van der Waals surface area contributed by atoms with Crippen molar-refractivity contribution in [2.24, 2.45) is 17.6 Å². The van der Waals surface area contributed by atoms with E-state index in [0.29, 0.717) is 5.92 Å². The predicted molar refractivity (Wildman–Crippen MR) is 67.3 cm³/mol. The van der Waals surface area contributed by atoms with E-state index in [9.17, 15) is 0 Å². The van der Waals surface area contributed by atoms with Crippen LogP contribution in [0.25, 0.3) is 0 Å². The Morgan fingerprint density at radius 2 is 1.81 bits per heavy atom. The summed E-state index contributed by atoms with van der Waals surface area (Å²) in [6.45, 7) is 2.26. The van der Waals surface area contributed by atoms with Crippen LogP contribution in [0.15, 0.2) is 24.3 Å². The smallest absolute Gasteiger partial charge is 0.0160 e. The molecule has 0 saturated heterocycles. The minimum absolute atomic E-state index is 0.0659. The minimum atomic E-state index is 0.0659. The van der Waals surface area contributed by atoms with E-state index < -0.39 is 0 Å². The van der Waals surface area contributed by atoms with Gasteiger partial charge in [-0.25, -0.2) is 0 Å². The van der Waals surface area contributed by atoms with Gasteiger partial charge in [0.25, 0.3) is 0 Å². The normalized spacial score (nSPS) is 37.6. The molecule has 4 rings (SSSR count). The van der Waals surface area contributed by atoms with Crippen LogP contribution in [0.2, 0.25) is 0 Å². The first-order valence-electron chi connectivity index (χ1n) is 6.51. The Balaban J connectivity index is 2.01. The summed E-state index contributed by atoms with van der Waals surface area (Å²) in [6.07, 6.45) is 6.36.